The summed E-state index contributed by atoms with van der Waals surface area (Å²) in [5, 5.41) is 3.62. The van der Waals surface area contributed by atoms with E-state index in [9.17, 15) is 13.7 Å². The summed E-state index contributed by atoms with van der Waals surface area (Å²) >= 11 is 0. The zero-order chi connectivity index (χ0) is 80.4. The number of benzene rings is 14. The summed E-state index contributed by atoms with van der Waals surface area (Å²) in [5.74, 6) is 0. The summed E-state index contributed by atoms with van der Waals surface area (Å²) in [6.07, 6.45) is 0. The molecule has 0 spiro atoms. The molecular formula is C96H77BN4O. The van der Waals surface area contributed by atoms with Crippen LogP contribution in [0.25, 0.3) is 121 Å². The van der Waals surface area contributed by atoms with Gasteiger partial charge in [-0.15, -0.1) is 0 Å². The van der Waals surface area contributed by atoms with Crippen LogP contribution in [0.2, 0.25) is 0 Å². The highest BCUT2D eigenvalue weighted by Gasteiger charge is 2.46. The third kappa shape index (κ3) is 9.59. The van der Waals surface area contributed by atoms with Crippen molar-refractivity contribution >= 4 is 123 Å². The van der Waals surface area contributed by atoms with E-state index in [4.69, 9.17) is 8.53 Å². The molecule has 14 aromatic carbocycles. The van der Waals surface area contributed by atoms with E-state index in [0.29, 0.717) is 33.8 Å². The maximum atomic E-state index is 9.92. The van der Waals surface area contributed by atoms with Gasteiger partial charge in [0, 0.05) is 72.1 Å². The average molecular weight is 1330 g/mol. The Morgan fingerprint density at radius 3 is 1.36 bits per heavy atom. The molecule has 19 rings (SSSR count). The van der Waals surface area contributed by atoms with Gasteiger partial charge in [0.2, 0.25) is 0 Å². The first-order valence-electron chi connectivity index (χ1n) is 41.4. The van der Waals surface area contributed by atoms with Crippen molar-refractivity contribution < 1.29 is 22.2 Å². The van der Waals surface area contributed by atoms with Crippen molar-refractivity contribution in [3.05, 3.63) is 320 Å². The summed E-state index contributed by atoms with van der Waals surface area (Å²) in [6, 6.07) is 71.7. The molecule has 0 unspecified atom stereocenters. The third-order valence-electron chi connectivity index (χ3n) is 21.1. The van der Waals surface area contributed by atoms with Gasteiger partial charge in [0.05, 0.1) is 62.3 Å². The molecule has 0 amide bonds. The quantitative estimate of drug-likeness (QED) is 0.142. The molecule has 3 aromatic heterocycles. The molecule has 0 atom stereocenters. The normalized spacial score (nSPS) is 14.9. The average Bonchev–Trinajstić information content (AvgIpc) is 1.59. The van der Waals surface area contributed by atoms with Crippen LogP contribution in [0.5, 0.6) is 0 Å². The van der Waals surface area contributed by atoms with Gasteiger partial charge >= 0.3 is 0 Å². The first kappa shape index (κ1) is 48.8. The summed E-state index contributed by atoms with van der Waals surface area (Å²) < 4.78 is 134. The first-order chi connectivity index (χ1) is 54.9. The number of rotatable bonds is 8. The lowest BCUT2D eigenvalue weighted by Gasteiger charge is -2.46. The van der Waals surface area contributed by atoms with Gasteiger partial charge in [-0.3, -0.25) is 0 Å². The van der Waals surface area contributed by atoms with Crippen LogP contribution in [0.4, 0.5) is 34.1 Å². The van der Waals surface area contributed by atoms with E-state index < -0.39 is 78.6 Å². The zero-order valence-electron chi connectivity index (χ0n) is 71.1. The van der Waals surface area contributed by atoms with Crippen molar-refractivity contribution in [3.8, 4) is 55.9 Å². The standard InChI is InChI=1S/C96H77BN4O/c1-94(2,3)65-43-49-82-76(53-65)77-54-66(95(4,5)6)44-50-83(77)99(82)69-58-86-91-87(59-69)101(93-70(61-30-16-11-17-31-61)46-51-89-90(93)73-38-24-27-41-88(73)102-89)84-52-64(60-28-14-10-15-29-60)42-47-78(84)97(91)79-48-45-68(98-80-39-25-22-36-71(80)72-37-23-26-40-81(72)98)57-85(79)100(86)92-74(62-32-18-12-19-33-62)55-67(96(7,8)9)56-75(92)63-34-20-13-21-35-63/h10-59H,1-9H3/i10D,14D,15D,22D,23D,25D,26D,28D,29D,36D,37D,39D,40D. The second-order valence-corrected chi connectivity index (χ2v) is 30.3. The number of fused-ring (bicyclic) bond motifs is 13. The van der Waals surface area contributed by atoms with Crippen molar-refractivity contribution in [2.24, 2.45) is 0 Å². The minimum absolute atomic E-state index is 0.0151. The minimum Gasteiger partial charge on any atom is -0.456 e. The number of aromatic nitrogens is 2. The van der Waals surface area contributed by atoms with Gasteiger partial charge in [-0.25, -0.2) is 0 Å². The molecule has 0 radical (unpaired) electrons. The fourth-order valence-corrected chi connectivity index (χ4v) is 16.0. The Morgan fingerprint density at radius 2 is 0.794 bits per heavy atom. The molecule has 2 aliphatic heterocycles. The Balaban J connectivity index is 1.07. The molecule has 0 bridgehead atoms. The highest BCUT2D eigenvalue weighted by Crippen LogP contribution is 2.56. The number of hydrogen-bond acceptors (Lipinski definition) is 3. The maximum absolute atomic E-state index is 9.92. The van der Waals surface area contributed by atoms with Gasteiger partial charge in [0.1, 0.15) is 11.2 Å². The summed E-state index contributed by atoms with van der Waals surface area (Å²) in [6.45, 7) is 19.3. The van der Waals surface area contributed by atoms with E-state index >= 15 is 0 Å². The van der Waals surface area contributed by atoms with Crippen molar-refractivity contribution in [1.29, 1.82) is 0 Å². The van der Waals surface area contributed by atoms with Crippen LogP contribution in [0.15, 0.2) is 307 Å². The fourth-order valence-electron chi connectivity index (χ4n) is 16.0. The maximum Gasteiger partial charge on any atom is 0.252 e. The van der Waals surface area contributed by atoms with E-state index in [1.54, 1.807) is 4.57 Å². The van der Waals surface area contributed by atoms with Crippen LogP contribution in [0, 0.1) is 0 Å². The molecule has 17 aromatic rings. The van der Waals surface area contributed by atoms with Gasteiger partial charge in [-0.2, -0.15) is 0 Å². The van der Waals surface area contributed by atoms with Gasteiger partial charge in [0.25, 0.3) is 6.71 Å². The Kier molecular flexibility index (Phi) is 10.9. The molecule has 0 aliphatic carbocycles. The Labute approximate surface area is 615 Å². The van der Waals surface area contributed by atoms with Gasteiger partial charge < -0.3 is 23.4 Å². The number of furan rings is 1. The number of anilines is 6. The lowest BCUT2D eigenvalue weighted by molar-refractivity contribution is 0.590. The monoisotopic (exact) mass is 1330 g/mol. The van der Waals surface area contributed by atoms with Gasteiger partial charge in [-0.05, 0) is 174 Å². The fraction of sp³-hybridized carbons (Fsp3) is 0.125. The summed E-state index contributed by atoms with van der Waals surface area (Å²) in [5.41, 5.74) is 18.9. The molecule has 0 N–H and O–H groups in total. The molecule has 102 heavy (non-hydrogen) atoms. The lowest BCUT2D eigenvalue weighted by atomic mass is 9.33. The second-order valence-electron chi connectivity index (χ2n) is 30.3. The van der Waals surface area contributed by atoms with Crippen LogP contribution in [0.3, 0.4) is 0 Å². The Bertz CT molecular complexity index is 6850. The van der Waals surface area contributed by atoms with Crippen LogP contribution < -0.4 is 26.2 Å². The van der Waals surface area contributed by atoms with Crippen molar-refractivity contribution in [2.75, 3.05) is 9.80 Å². The SMILES string of the molecule is [2H]c1c([2H])c([2H])c(-c2ccc3c(c2)N(c2c(-c4ccccc4)ccc4oc5ccccc5c24)c2cc(-n4c5ccc(C(C)(C)C)cc5c5cc(C(C)(C)C)ccc54)cc4c2B3c2ccc(-n3c5c([2H])c([2H])c([2H])c([2H])c5c5c([2H])c([2H])c([2H])c([2H])c53)cc2N4c2c(-c3ccccc3)cc(C(C)(C)C)cc2-c2ccccc2)c([2H])c1[2H]. The molecule has 6 heteroatoms. The van der Waals surface area contributed by atoms with Crippen molar-refractivity contribution in [2.45, 2.75) is 78.6 Å². The molecule has 0 saturated heterocycles. The van der Waals surface area contributed by atoms with Crippen LogP contribution >= 0.6 is 0 Å². The van der Waals surface area contributed by atoms with Crippen molar-refractivity contribution in [3.63, 3.8) is 0 Å². The van der Waals surface area contributed by atoms with E-state index in [-0.39, 0.29) is 50.3 Å². The second kappa shape index (κ2) is 22.8. The molecule has 490 valence electrons. The van der Waals surface area contributed by atoms with Gasteiger partial charge in [0.15, 0.2) is 0 Å². The highest BCUT2D eigenvalue weighted by atomic mass is 16.3. The smallest absolute Gasteiger partial charge is 0.252 e. The largest absolute Gasteiger partial charge is 0.456 e. The Hall–Kier alpha value is -11.9. The van der Waals surface area contributed by atoms with E-state index in [1.807, 2.05) is 115 Å². The zero-order valence-corrected chi connectivity index (χ0v) is 58.1. The van der Waals surface area contributed by atoms with Crippen LogP contribution in [0.1, 0.15) is 96.8 Å². The van der Waals surface area contributed by atoms with E-state index in [2.05, 4.69) is 186 Å². The predicted octanol–water partition coefficient (Wildman–Crippen LogP) is 24.4. The Morgan fingerprint density at radius 1 is 0.314 bits per heavy atom. The summed E-state index contributed by atoms with van der Waals surface area (Å²) in [4.78, 5) is 4.70. The molecule has 2 aliphatic rings. The molecular weight excluding hydrogens is 1240 g/mol. The first-order valence-corrected chi connectivity index (χ1v) is 34.9. The molecule has 5 heterocycles. The third-order valence-corrected chi connectivity index (χ3v) is 21.1. The highest BCUT2D eigenvalue weighted by molar-refractivity contribution is 7.00. The number of hydrogen-bond donors (Lipinski definition) is 0. The molecule has 0 saturated carbocycles. The topological polar surface area (TPSA) is 29.5 Å². The van der Waals surface area contributed by atoms with Crippen LogP contribution in [-0.2, 0) is 16.2 Å². The number of para-hydroxylation sites is 3. The lowest BCUT2D eigenvalue weighted by Crippen LogP contribution is -2.61. The van der Waals surface area contributed by atoms with Crippen LogP contribution in [-0.4, -0.2) is 15.8 Å². The summed E-state index contributed by atoms with van der Waals surface area (Å²) in [7, 11) is 0. The van der Waals surface area contributed by atoms with Crippen molar-refractivity contribution in [1.82, 2.24) is 9.13 Å². The van der Waals surface area contributed by atoms with Gasteiger partial charge in [-0.1, -0.05) is 268 Å². The molecule has 0 fully saturated rings. The minimum atomic E-state index is -0.746. The van der Waals surface area contributed by atoms with E-state index in [0.717, 1.165) is 127 Å². The molecule has 5 nitrogen and oxygen atoms in total. The number of nitrogens with zero attached hydrogens (tertiary/aromatic N) is 4. The van der Waals surface area contributed by atoms with E-state index in [1.165, 1.54) is 0 Å². The predicted molar refractivity (Wildman–Crippen MR) is 434 cm³/mol.